The summed E-state index contributed by atoms with van der Waals surface area (Å²) in [6.45, 7) is 10.9. The van der Waals surface area contributed by atoms with E-state index in [2.05, 4.69) is 38.2 Å². The quantitative estimate of drug-likeness (QED) is 0.858. The van der Waals surface area contributed by atoms with E-state index < -0.39 is 5.41 Å². The lowest BCUT2D eigenvalue weighted by molar-refractivity contribution is -0.129. The minimum absolute atomic E-state index is 0.00405. The van der Waals surface area contributed by atoms with Gasteiger partial charge in [-0.2, -0.15) is 0 Å². The van der Waals surface area contributed by atoms with Crippen LogP contribution in [0.2, 0.25) is 0 Å². The average Bonchev–Trinajstić information content (AvgIpc) is 2.27. The zero-order chi connectivity index (χ0) is 13.9. The first-order valence-electron chi connectivity index (χ1n) is 6.33. The molecule has 3 heteroatoms. The number of nitrogens with one attached hydrogen (secondary N) is 1. The topological polar surface area (TPSA) is 55.1 Å². The van der Waals surface area contributed by atoms with E-state index in [0.717, 1.165) is 0 Å². The number of hydrogen-bond acceptors (Lipinski definition) is 2. The number of amides is 1. The van der Waals surface area contributed by atoms with Crippen LogP contribution in [-0.2, 0) is 11.3 Å². The number of hydrogen-bond donors (Lipinski definition) is 2. The van der Waals surface area contributed by atoms with Gasteiger partial charge in [-0.25, -0.2) is 0 Å². The van der Waals surface area contributed by atoms with Crippen molar-refractivity contribution < 1.29 is 4.79 Å². The van der Waals surface area contributed by atoms with Crippen LogP contribution in [0.25, 0.3) is 0 Å². The Morgan fingerprint density at radius 2 is 1.72 bits per heavy atom. The van der Waals surface area contributed by atoms with Crippen molar-refractivity contribution in [2.24, 2.45) is 11.1 Å². The molecule has 1 aromatic carbocycles. The van der Waals surface area contributed by atoms with Crippen molar-refractivity contribution in [3.05, 3.63) is 34.4 Å². The van der Waals surface area contributed by atoms with Crippen molar-refractivity contribution in [2.45, 2.75) is 41.2 Å². The fraction of sp³-hybridized carbons (Fsp3) is 0.533. The van der Waals surface area contributed by atoms with E-state index in [9.17, 15) is 4.79 Å². The molecule has 0 aliphatic rings. The number of carbonyl (C=O) groups excluding carboxylic acids is 1. The van der Waals surface area contributed by atoms with E-state index in [4.69, 9.17) is 5.73 Å². The molecule has 18 heavy (non-hydrogen) atoms. The molecule has 0 aliphatic carbocycles. The molecule has 0 heterocycles. The van der Waals surface area contributed by atoms with Gasteiger partial charge < -0.3 is 11.1 Å². The Balaban J connectivity index is 2.79. The van der Waals surface area contributed by atoms with Crippen LogP contribution in [0, 0.1) is 26.2 Å². The second-order valence-corrected chi connectivity index (χ2v) is 5.65. The number of nitrogens with two attached hydrogens (primary N) is 1. The molecule has 0 fully saturated rings. The Kier molecular flexibility index (Phi) is 4.52. The summed E-state index contributed by atoms with van der Waals surface area (Å²) in [6.07, 6.45) is 0. The molecule has 0 spiro atoms. The monoisotopic (exact) mass is 248 g/mol. The molecule has 3 nitrogen and oxygen atoms in total. The van der Waals surface area contributed by atoms with Gasteiger partial charge in [0.1, 0.15) is 0 Å². The molecule has 0 aliphatic heterocycles. The fourth-order valence-corrected chi connectivity index (χ4v) is 1.99. The highest BCUT2D eigenvalue weighted by Gasteiger charge is 2.25. The van der Waals surface area contributed by atoms with Crippen molar-refractivity contribution in [1.29, 1.82) is 0 Å². The maximum Gasteiger partial charge on any atom is 0.227 e. The lowest BCUT2D eigenvalue weighted by atomic mass is 9.92. The second kappa shape index (κ2) is 5.53. The van der Waals surface area contributed by atoms with E-state index in [1.165, 1.54) is 22.3 Å². The molecule has 0 bridgehead atoms. The number of benzene rings is 1. The third-order valence-electron chi connectivity index (χ3n) is 3.39. The first kappa shape index (κ1) is 14.7. The normalized spacial score (nSPS) is 11.4. The molecule has 1 aromatic rings. The molecule has 0 saturated heterocycles. The Hall–Kier alpha value is -1.35. The lowest BCUT2D eigenvalue weighted by Gasteiger charge is -2.22. The van der Waals surface area contributed by atoms with Crippen molar-refractivity contribution in [2.75, 3.05) is 6.54 Å². The minimum Gasteiger partial charge on any atom is -0.352 e. The Morgan fingerprint density at radius 1 is 1.22 bits per heavy atom. The van der Waals surface area contributed by atoms with Gasteiger partial charge in [0.2, 0.25) is 5.91 Å². The van der Waals surface area contributed by atoms with Crippen molar-refractivity contribution in [1.82, 2.24) is 5.32 Å². The Morgan fingerprint density at radius 3 is 2.17 bits per heavy atom. The second-order valence-electron chi connectivity index (χ2n) is 5.65. The molecule has 1 rings (SSSR count). The van der Waals surface area contributed by atoms with Gasteiger partial charge in [-0.1, -0.05) is 17.7 Å². The summed E-state index contributed by atoms with van der Waals surface area (Å²) in [5.74, 6) is 0.00405. The number of rotatable bonds is 4. The van der Waals surface area contributed by atoms with Gasteiger partial charge in [0.15, 0.2) is 0 Å². The predicted molar refractivity (Wildman–Crippen MR) is 75.3 cm³/mol. The highest BCUT2D eigenvalue weighted by molar-refractivity contribution is 5.82. The van der Waals surface area contributed by atoms with Crippen LogP contribution in [-0.4, -0.2) is 12.5 Å². The van der Waals surface area contributed by atoms with Crippen LogP contribution < -0.4 is 11.1 Å². The first-order chi connectivity index (χ1) is 8.27. The van der Waals surface area contributed by atoms with Crippen LogP contribution in [0.1, 0.15) is 36.1 Å². The summed E-state index contributed by atoms with van der Waals surface area (Å²) < 4.78 is 0. The summed E-state index contributed by atoms with van der Waals surface area (Å²) in [5.41, 5.74) is 9.98. The summed E-state index contributed by atoms with van der Waals surface area (Å²) in [7, 11) is 0. The fourth-order valence-electron chi connectivity index (χ4n) is 1.99. The minimum atomic E-state index is -0.507. The van der Waals surface area contributed by atoms with Gasteiger partial charge in [0.25, 0.3) is 0 Å². The van der Waals surface area contributed by atoms with Gasteiger partial charge in [0, 0.05) is 13.1 Å². The largest absolute Gasteiger partial charge is 0.352 e. The highest BCUT2D eigenvalue weighted by atomic mass is 16.2. The maximum absolute atomic E-state index is 12.0. The Labute approximate surface area is 110 Å². The standard InChI is InChI=1S/C15H24N2O/c1-10-6-11(2)13(12(3)7-10)8-17-14(18)15(4,5)9-16/h6-7H,8-9,16H2,1-5H3,(H,17,18). The van der Waals surface area contributed by atoms with Crippen molar-refractivity contribution >= 4 is 5.91 Å². The SMILES string of the molecule is Cc1cc(C)c(CNC(=O)C(C)(C)CN)c(C)c1. The van der Waals surface area contributed by atoms with Gasteiger partial charge in [-0.15, -0.1) is 0 Å². The van der Waals surface area contributed by atoms with E-state index in [-0.39, 0.29) is 5.91 Å². The van der Waals surface area contributed by atoms with Crippen LogP contribution in [0.15, 0.2) is 12.1 Å². The molecule has 1 amide bonds. The van der Waals surface area contributed by atoms with E-state index in [1.54, 1.807) is 0 Å². The van der Waals surface area contributed by atoms with Gasteiger partial charge >= 0.3 is 0 Å². The molecule has 0 unspecified atom stereocenters. The third-order valence-corrected chi connectivity index (χ3v) is 3.39. The predicted octanol–water partition coefficient (Wildman–Crippen LogP) is 2.21. The zero-order valence-electron chi connectivity index (χ0n) is 12.1. The summed E-state index contributed by atoms with van der Waals surface area (Å²) in [6, 6.07) is 4.28. The van der Waals surface area contributed by atoms with E-state index in [0.29, 0.717) is 13.1 Å². The van der Waals surface area contributed by atoms with Gasteiger partial charge in [0.05, 0.1) is 5.41 Å². The van der Waals surface area contributed by atoms with E-state index >= 15 is 0 Å². The van der Waals surface area contributed by atoms with Crippen LogP contribution >= 0.6 is 0 Å². The summed E-state index contributed by atoms with van der Waals surface area (Å²) in [4.78, 5) is 12.0. The molecule has 0 atom stereocenters. The van der Waals surface area contributed by atoms with Crippen molar-refractivity contribution in [3.8, 4) is 0 Å². The smallest absolute Gasteiger partial charge is 0.227 e. The van der Waals surface area contributed by atoms with E-state index in [1.807, 2.05) is 13.8 Å². The molecule has 0 radical (unpaired) electrons. The molecular weight excluding hydrogens is 224 g/mol. The third kappa shape index (κ3) is 3.33. The maximum atomic E-state index is 12.0. The van der Waals surface area contributed by atoms with Crippen LogP contribution in [0.5, 0.6) is 0 Å². The molecule has 100 valence electrons. The number of aryl methyl sites for hydroxylation is 3. The van der Waals surface area contributed by atoms with Crippen LogP contribution in [0.3, 0.4) is 0 Å². The average molecular weight is 248 g/mol. The first-order valence-corrected chi connectivity index (χ1v) is 6.33. The highest BCUT2D eigenvalue weighted by Crippen LogP contribution is 2.17. The zero-order valence-corrected chi connectivity index (χ0v) is 12.1. The number of carbonyl (C=O) groups is 1. The van der Waals surface area contributed by atoms with Crippen molar-refractivity contribution in [3.63, 3.8) is 0 Å². The van der Waals surface area contributed by atoms with Crippen LogP contribution in [0.4, 0.5) is 0 Å². The molecule has 0 aromatic heterocycles. The van der Waals surface area contributed by atoms with Gasteiger partial charge in [-0.05, 0) is 51.3 Å². The van der Waals surface area contributed by atoms with Gasteiger partial charge in [-0.3, -0.25) is 4.79 Å². The Bertz CT molecular complexity index is 427. The summed E-state index contributed by atoms with van der Waals surface area (Å²) in [5, 5.41) is 2.97. The molecule has 3 N–H and O–H groups in total. The molecular formula is C15H24N2O. The summed E-state index contributed by atoms with van der Waals surface area (Å²) >= 11 is 0. The lowest BCUT2D eigenvalue weighted by Crippen LogP contribution is -2.41. The molecule has 0 saturated carbocycles.